The molecule has 1 aromatic carbocycles. The van der Waals surface area contributed by atoms with Crippen LogP contribution in [-0.4, -0.2) is 26.9 Å². The predicted molar refractivity (Wildman–Crippen MR) is 77.0 cm³/mol. The molecular weight excluding hydrogens is 318 g/mol. The van der Waals surface area contributed by atoms with Gasteiger partial charge in [-0.05, 0) is 30.3 Å². The van der Waals surface area contributed by atoms with E-state index in [1.807, 2.05) is 0 Å². The van der Waals surface area contributed by atoms with E-state index in [0.717, 1.165) is 0 Å². The molecule has 8 heteroatoms. The average Bonchev–Trinajstić information content (AvgIpc) is 2.88. The van der Waals surface area contributed by atoms with Crippen LogP contribution >= 0.6 is 11.6 Å². The van der Waals surface area contributed by atoms with Gasteiger partial charge in [0, 0.05) is 10.7 Å². The van der Waals surface area contributed by atoms with E-state index in [-0.39, 0.29) is 16.6 Å². The van der Waals surface area contributed by atoms with Crippen molar-refractivity contribution in [3.05, 3.63) is 47.2 Å². The van der Waals surface area contributed by atoms with E-state index in [1.165, 1.54) is 12.1 Å². The fourth-order valence-corrected chi connectivity index (χ4v) is 2.56. The summed E-state index contributed by atoms with van der Waals surface area (Å²) in [5.41, 5.74) is 0.482. The zero-order valence-corrected chi connectivity index (χ0v) is 12.1. The molecule has 2 rings (SSSR count). The molecule has 0 bridgehead atoms. The molecule has 0 spiro atoms. The lowest BCUT2D eigenvalue weighted by Crippen LogP contribution is -2.19. The van der Waals surface area contributed by atoms with Crippen LogP contribution in [0.15, 0.2) is 45.9 Å². The summed E-state index contributed by atoms with van der Waals surface area (Å²) in [5.74, 6) is -2.43. The number of rotatable bonds is 5. The zero-order chi connectivity index (χ0) is 15.4. The Morgan fingerprint density at radius 2 is 2.05 bits per heavy atom. The van der Waals surface area contributed by atoms with Gasteiger partial charge in [-0.15, -0.1) is 0 Å². The van der Waals surface area contributed by atoms with Crippen molar-refractivity contribution in [3.8, 4) is 0 Å². The molecule has 1 unspecified atom stereocenters. The Kier molecular flexibility index (Phi) is 4.77. The highest BCUT2D eigenvalue weighted by molar-refractivity contribution is 7.85. The van der Waals surface area contributed by atoms with Crippen molar-refractivity contribution >= 4 is 40.0 Å². The van der Waals surface area contributed by atoms with Gasteiger partial charge in [0.1, 0.15) is 5.75 Å². The molecule has 1 aromatic heterocycles. The van der Waals surface area contributed by atoms with Gasteiger partial charge in [-0.1, -0.05) is 17.7 Å². The zero-order valence-electron chi connectivity index (χ0n) is 10.5. The van der Waals surface area contributed by atoms with Crippen LogP contribution in [0.25, 0.3) is 0 Å². The molecule has 2 N–H and O–H groups in total. The number of anilines is 1. The largest absolute Gasteiger partial charge is 0.475 e. The second kappa shape index (κ2) is 6.55. The minimum absolute atomic E-state index is 0.0614. The van der Waals surface area contributed by atoms with Gasteiger partial charge >= 0.3 is 5.97 Å². The first-order valence-corrected chi connectivity index (χ1v) is 7.42. The van der Waals surface area contributed by atoms with E-state index >= 15 is 0 Å². The summed E-state index contributed by atoms with van der Waals surface area (Å²) >= 11 is 5.78. The highest BCUT2D eigenvalue weighted by Gasteiger charge is 2.16. The number of nitrogens with one attached hydrogen (secondary N) is 1. The summed E-state index contributed by atoms with van der Waals surface area (Å²) in [5, 5.41) is 11.6. The second-order valence-corrected chi connectivity index (χ2v) is 5.79. The van der Waals surface area contributed by atoms with E-state index in [9.17, 15) is 13.8 Å². The standard InChI is InChI=1S/C13H10ClNO5S/c14-8-2-1-3-9(6-8)15-11(16)7-21(19)12-5-4-10(20-12)13(17)18/h1-6H,7H2,(H,15,16)(H,17,18). The third-order valence-corrected chi connectivity index (χ3v) is 3.81. The highest BCUT2D eigenvalue weighted by atomic mass is 35.5. The molecule has 0 aliphatic rings. The van der Waals surface area contributed by atoms with Gasteiger partial charge in [-0.25, -0.2) is 4.79 Å². The van der Waals surface area contributed by atoms with Crippen molar-refractivity contribution in [2.75, 3.05) is 11.1 Å². The third kappa shape index (κ3) is 4.17. The van der Waals surface area contributed by atoms with Crippen molar-refractivity contribution in [2.24, 2.45) is 0 Å². The Morgan fingerprint density at radius 1 is 1.29 bits per heavy atom. The Balaban J connectivity index is 1.98. The number of halogens is 1. The number of carboxylic acids is 1. The molecule has 0 aliphatic carbocycles. The summed E-state index contributed by atoms with van der Waals surface area (Å²) in [6.07, 6.45) is 0. The van der Waals surface area contributed by atoms with Gasteiger partial charge in [0.25, 0.3) is 0 Å². The Hall–Kier alpha value is -2.12. The number of benzene rings is 1. The number of carbonyl (C=O) groups excluding carboxylic acids is 1. The van der Waals surface area contributed by atoms with Crippen molar-refractivity contribution in [3.63, 3.8) is 0 Å². The lowest BCUT2D eigenvalue weighted by atomic mass is 10.3. The van der Waals surface area contributed by atoms with Gasteiger partial charge in [0.15, 0.2) is 5.09 Å². The van der Waals surface area contributed by atoms with E-state index in [0.29, 0.717) is 10.7 Å². The van der Waals surface area contributed by atoms with Crippen LogP contribution in [0.1, 0.15) is 10.6 Å². The number of hydrogen-bond acceptors (Lipinski definition) is 4. The van der Waals surface area contributed by atoms with Crippen LogP contribution in [0.2, 0.25) is 5.02 Å². The van der Waals surface area contributed by atoms with Crippen molar-refractivity contribution in [2.45, 2.75) is 5.09 Å². The fraction of sp³-hybridized carbons (Fsp3) is 0.0769. The SMILES string of the molecule is O=C(CS(=O)c1ccc(C(=O)O)o1)Nc1cccc(Cl)c1. The maximum absolute atomic E-state index is 11.9. The first-order chi connectivity index (χ1) is 9.95. The van der Waals surface area contributed by atoms with E-state index < -0.39 is 22.7 Å². The molecule has 0 radical (unpaired) electrons. The van der Waals surface area contributed by atoms with E-state index in [4.69, 9.17) is 21.1 Å². The molecular formula is C13H10ClNO5S. The molecule has 1 heterocycles. The number of aromatic carboxylic acids is 1. The maximum atomic E-state index is 11.9. The van der Waals surface area contributed by atoms with Gasteiger partial charge in [0.2, 0.25) is 11.7 Å². The number of carbonyl (C=O) groups is 2. The molecule has 6 nitrogen and oxygen atoms in total. The molecule has 1 amide bonds. The van der Waals surface area contributed by atoms with Crippen LogP contribution in [0, 0.1) is 0 Å². The van der Waals surface area contributed by atoms with Crippen molar-refractivity contribution < 1.29 is 23.3 Å². The lowest BCUT2D eigenvalue weighted by Gasteiger charge is -2.04. The number of carboxylic acid groups (broad SMARTS) is 1. The Morgan fingerprint density at radius 3 is 2.67 bits per heavy atom. The summed E-state index contributed by atoms with van der Waals surface area (Å²) in [4.78, 5) is 22.4. The van der Waals surface area contributed by atoms with Crippen LogP contribution in [0.3, 0.4) is 0 Å². The van der Waals surface area contributed by atoms with Crippen LogP contribution in [0.4, 0.5) is 5.69 Å². The van der Waals surface area contributed by atoms with E-state index in [1.54, 1.807) is 24.3 Å². The second-order valence-electron chi connectivity index (χ2n) is 3.97. The molecule has 2 aromatic rings. The van der Waals surface area contributed by atoms with Gasteiger partial charge in [-0.2, -0.15) is 0 Å². The molecule has 1 atom stereocenters. The molecule has 21 heavy (non-hydrogen) atoms. The quantitative estimate of drug-likeness (QED) is 0.878. The van der Waals surface area contributed by atoms with E-state index in [2.05, 4.69) is 5.32 Å². The van der Waals surface area contributed by atoms with Crippen molar-refractivity contribution in [1.29, 1.82) is 0 Å². The van der Waals surface area contributed by atoms with Crippen LogP contribution in [0.5, 0.6) is 0 Å². The van der Waals surface area contributed by atoms with Crippen molar-refractivity contribution in [1.82, 2.24) is 0 Å². The summed E-state index contributed by atoms with van der Waals surface area (Å²) in [7, 11) is -1.76. The first kappa shape index (κ1) is 15.3. The van der Waals surface area contributed by atoms with Gasteiger partial charge < -0.3 is 14.8 Å². The van der Waals surface area contributed by atoms with Gasteiger partial charge in [0.05, 0.1) is 10.8 Å². The first-order valence-electron chi connectivity index (χ1n) is 5.72. The smallest absolute Gasteiger partial charge is 0.371 e. The molecule has 0 saturated heterocycles. The third-order valence-electron chi connectivity index (χ3n) is 2.39. The summed E-state index contributed by atoms with van der Waals surface area (Å²) in [6.45, 7) is 0. The van der Waals surface area contributed by atoms with Gasteiger partial charge in [-0.3, -0.25) is 9.00 Å². The number of amides is 1. The van der Waals surface area contributed by atoms with Crippen LogP contribution < -0.4 is 5.32 Å². The highest BCUT2D eigenvalue weighted by Crippen LogP contribution is 2.16. The molecule has 0 saturated carbocycles. The predicted octanol–water partition coefficient (Wildman–Crippen LogP) is 2.38. The Bertz CT molecular complexity index is 712. The normalized spacial score (nSPS) is 11.9. The molecule has 0 aliphatic heterocycles. The topological polar surface area (TPSA) is 96.6 Å². The minimum Gasteiger partial charge on any atom is -0.475 e. The summed E-state index contributed by atoms with van der Waals surface area (Å²) < 4.78 is 16.8. The fourth-order valence-electron chi connectivity index (χ4n) is 1.51. The Labute approximate surface area is 127 Å². The molecule has 110 valence electrons. The lowest BCUT2D eigenvalue weighted by molar-refractivity contribution is -0.113. The molecule has 0 fully saturated rings. The van der Waals surface area contributed by atoms with Crippen LogP contribution in [-0.2, 0) is 15.6 Å². The number of hydrogen-bond donors (Lipinski definition) is 2. The average molecular weight is 328 g/mol. The summed E-state index contributed by atoms with van der Waals surface area (Å²) in [6, 6.07) is 8.98. The number of furan rings is 1. The maximum Gasteiger partial charge on any atom is 0.371 e. The minimum atomic E-state index is -1.76. The monoisotopic (exact) mass is 327 g/mol.